The van der Waals surface area contributed by atoms with Gasteiger partial charge in [-0.05, 0) is 50.1 Å². The molecule has 1 unspecified atom stereocenters. The van der Waals surface area contributed by atoms with Crippen LogP contribution in [0.2, 0.25) is 0 Å². The van der Waals surface area contributed by atoms with E-state index >= 15 is 0 Å². The molecular formula is C25H27N5O2. The zero-order valence-corrected chi connectivity index (χ0v) is 18.9. The molecule has 0 N–H and O–H groups in total. The maximum atomic E-state index is 12.8. The molecule has 2 aromatic heterocycles. The molecule has 0 fully saturated rings. The predicted molar refractivity (Wildman–Crippen MR) is 124 cm³/mol. The van der Waals surface area contributed by atoms with Gasteiger partial charge in [-0.1, -0.05) is 19.1 Å². The number of hydrogen-bond acceptors (Lipinski definition) is 5. The molecule has 2 aliphatic heterocycles. The first-order chi connectivity index (χ1) is 15.3. The van der Waals surface area contributed by atoms with Crippen molar-refractivity contribution in [3.63, 3.8) is 0 Å². The molecule has 7 nitrogen and oxygen atoms in total. The molecule has 1 atom stereocenters. The Hall–Kier alpha value is -3.48. The Morgan fingerprint density at radius 2 is 1.88 bits per heavy atom. The van der Waals surface area contributed by atoms with Crippen molar-refractivity contribution in [3.8, 4) is 22.4 Å². The topological polar surface area (TPSA) is 72.6 Å². The number of benzene rings is 1. The number of aliphatic imine (C=N–C) groups is 1. The molecule has 1 aromatic carbocycles. The van der Waals surface area contributed by atoms with Gasteiger partial charge in [0.25, 0.3) is 0 Å². The maximum Gasteiger partial charge on any atom is 0.410 e. The lowest BCUT2D eigenvalue weighted by Gasteiger charge is -2.30. The molecule has 164 valence electrons. The number of rotatable bonds is 2. The Morgan fingerprint density at radius 1 is 1.09 bits per heavy atom. The summed E-state index contributed by atoms with van der Waals surface area (Å²) in [7, 11) is 0. The molecule has 7 heteroatoms. The van der Waals surface area contributed by atoms with Gasteiger partial charge in [0.05, 0.1) is 24.5 Å². The number of ether oxygens (including phenoxy) is 1. The molecule has 0 radical (unpaired) electrons. The standard InChI is InChI=1S/C25H27N5O2/c1-16-14-27-20-13-18(5-6-19(16)20)23-22(17-7-9-26-10-8-17)21-15-29(11-12-30(21)28-23)24(31)32-25(2,3)4/h5-10,13-14,16H,11-12,15H2,1-4H3. The van der Waals surface area contributed by atoms with Gasteiger partial charge in [0.15, 0.2) is 0 Å². The molecule has 3 aromatic rings. The minimum absolute atomic E-state index is 0.298. The summed E-state index contributed by atoms with van der Waals surface area (Å²) in [6.07, 6.45) is 5.25. The Morgan fingerprint density at radius 3 is 2.62 bits per heavy atom. The number of fused-ring (bicyclic) bond motifs is 2. The van der Waals surface area contributed by atoms with Gasteiger partial charge in [0.1, 0.15) is 11.3 Å². The third-order valence-electron chi connectivity index (χ3n) is 5.83. The minimum atomic E-state index is -0.532. The fraction of sp³-hybridized carbons (Fsp3) is 0.360. The molecule has 32 heavy (non-hydrogen) atoms. The van der Waals surface area contributed by atoms with E-state index in [0.29, 0.717) is 25.6 Å². The molecule has 4 heterocycles. The van der Waals surface area contributed by atoms with Crippen molar-refractivity contribution in [2.75, 3.05) is 6.54 Å². The van der Waals surface area contributed by atoms with E-state index in [2.05, 4.69) is 35.1 Å². The van der Waals surface area contributed by atoms with Gasteiger partial charge < -0.3 is 9.64 Å². The molecule has 2 aliphatic rings. The van der Waals surface area contributed by atoms with E-state index in [-0.39, 0.29) is 6.09 Å². The van der Waals surface area contributed by atoms with Crippen LogP contribution in [0.1, 0.15) is 44.9 Å². The number of amides is 1. The molecular weight excluding hydrogens is 402 g/mol. The van der Waals surface area contributed by atoms with Crippen molar-refractivity contribution in [1.82, 2.24) is 19.7 Å². The second-order valence-electron chi connectivity index (χ2n) is 9.37. The summed E-state index contributed by atoms with van der Waals surface area (Å²) in [6.45, 7) is 9.43. The highest BCUT2D eigenvalue weighted by atomic mass is 16.6. The van der Waals surface area contributed by atoms with Gasteiger partial charge in [-0.25, -0.2) is 4.79 Å². The highest BCUT2D eigenvalue weighted by molar-refractivity contribution is 5.87. The largest absolute Gasteiger partial charge is 0.444 e. The van der Waals surface area contributed by atoms with Crippen LogP contribution in [0.5, 0.6) is 0 Å². The first kappa shape index (κ1) is 20.4. The zero-order valence-electron chi connectivity index (χ0n) is 18.9. The molecule has 0 aliphatic carbocycles. The Kier molecular flexibility index (Phi) is 4.84. The molecule has 0 saturated heterocycles. The SMILES string of the molecule is CC1C=Nc2cc(-c3nn4c(c3-c3ccncc3)CN(C(=O)OC(C)(C)C)CC4)ccc21. The monoisotopic (exact) mass is 429 g/mol. The average Bonchev–Trinajstić information content (AvgIpc) is 3.33. The van der Waals surface area contributed by atoms with Crippen LogP contribution in [-0.4, -0.2) is 44.1 Å². The predicted octanol–water partition coefficient (Wildman–Crippen LogP) is 5.18. The number of hydrogen-bond donors (Lipinski definition) is 0. The quantitative estimate of drug-likeness (QED) is 0.562. The zero-order chi connectivity index (χ0) is 22.5. The summed E-state index contributed by atoms with van der Waals surface area (Å²) >= 11 is 0. The second kappa shape index (κ2) is 7.58. The minimum Gasteiger partial charge on any atom is -0.444 e. The summed E-state index contributed by atoms with van der Waals surface area (Å²) in [5, 5.41) is 4.98. The lowest BCUT2D eigenvalue weighted by Crippen LogP contribution is -2.41. The van der Waals surface area contributed by atoms with Crippen LogP contribution in [0.15, 0.2) is 47.7 Å². The van der Waals surface area contributed by atoms with Crippen LogP contribution in [0, 0.1) is 0 Å². The van der Waals surface area contributed by atoms with E-state index in [0.717, 1.165) is 33.8 Å². The van der Waals surface area contributed by atoms with E-state index < -0.39 is 5.60 Å². The van der Waals surface area contributed by atoms with E-state index in [1.165, 1.54) is 5.56 Å². The molecule has 0 saturated carbocycles. The summed E-state index contributed by atoms with van der Waals surface area (Å²) < 4.78 is 7.64. The van der Waals surface area contributed by atoms with Crippen molar-refractivity contribution < 1.29 is 9.53 Å². The van der Waals surface area contributed by atoms with Crippen LogP contribution in [0.3, 0.4) is 0 Å². The number of pyridine rings is 1. The number of aromatic nitrogens is 3. The fourth-order valence-electron chi connectivity index (χ4n) is 4.28. The normalized spacial score (nSPS) is 17.2. The maximum absolute atomic E-state index is 12.8. The molecule has 0 spiro atoms. The van der Waals surface area contributed by atoms with Crippen LogP contribution in [0.25, 0.3) is 22.4 Å². The second-order valence-corrected chi connectivity index (χ2v) is 9.37. The Bertz CT molecular complexity index is 1210. The lowest BCUT2D eigenvalue weighted by atomic mass is 9.96. The number of nitrogens with zero attached hydrogens (tertiary/aromatic N) is 5. The molecule has 0 bridgehead atoms. The van der Waals surface area contributed by atoms with Crippen LogP contribution in [0.4, 0.5) is 10.5 Å². The Balaban J connectivity index is 1.59. The van der Waals surface area contributed by atoms with Gasteiger partial charge in [-0.15, -0.1) is 0 Å². The summed E-state index contributed by atoms with van der Waals surface area (Å²) in [5.74, 6) is 0.330. The van der Waals surface area contributed by atoms with Crippen molar-refractivity contribution >= 4 is 18.0 Å². The third kappa shape index (κ3) is 3.68. The van der Waals surface area contributed by atoms with Crippen molar-refractivity contribution in [2.45, 2.75) is 52.3 Å². The van der Waals surface area contributed by atoms with E-state index in [1.807, 2.05) is 43.8 Å². The molecule has 5 rings (SSSR count). The van der Waals surface area contributed by atoms with Gasteiger partial charge in [-0.3, -0.25) is 14.7 Å². The van der Waals surface area contributed by atoms with Crippen LogP contribution >= 0.6 is 0 Å². The summed E-state index contributed by atoms with van der Waals surface area (Å²) in [4.78, 5) is 23.3. The van der Waals surface area contributed by atoms with Gasteiger partial charge in [0, 0.05) is 42.2 Å². The highest BCUT2D eigenvalue weighted by Gasteiger charge is 2.30. The average molecular weight is 430 g/mol. The first-order valence-electron chi connectivity index (χ1n) is 11.0. The van der Waals surface area contributed by atoms with Crippen LogP contribution in [-0.2, 0) is 17.8 Å². The smallest absolute Gasteiger partial charge is 0.410 e. The van der Waals surface area contributed by atoms with Crippen LogP contribution < -0.4 is 0 Å². The van der Waals surface area contributed by atoms with E-state index in [1.54, 1.807) is 17.3 Å². The van der Waals surface area contributed by atoms with Crippen molar-refractivity contribution in [3.05, 3.63) is 54.0 Å². The third-order valence-corrected chi connectivity index (χ3v) is 5.83. The fourth-order valence-corrected chi connectivity index (χ4v) is 4.28. The van der Waals surface area contributed by atoms with Crippen molar-refractivity contribution in [1.29, 1.82) is 0 Å². The summed E-state index contributed by atoms with van der Waals surface area (Å²) in [6, 6.07) is 10.3. The van der Waals surface area contributed by atoms with E-state index in [4.69, 9.17) is 9.84 Å². The van der Waals surface area contributed by atoms with Gasteiger partial charge in [0.2, 0.25) is 0 Å². The van der Waals surface area contributed by atoms with Crippen molar-refractivity contribution in [2.24, 2.45) is 4.99 Å². The molecule has 1 amide bonds. The van der Waals surface area contributed by atoms with Gasteiger partial charge in [-0.2, -0.15) is 5.10 Å². The number of carbonyl (C=O) groups excluding carboxylic acids is 1. The number of carbonyl (C=O) groups is 1. The highest BCUT2D eigenvalue weighted by Crippen LogP contribution is 2.40. The van der Waals surface area contributed by atoms with E-state index in [9.17, 15) is 4.79 Å². The Labute approximate surface area is 187 Å². The lowest BCUT2D eigenvalue weighted by molar-refractivity contribution is 0.0195. The first-order valence-corrected chi connectivity index (χ1v) is 11.0. The van der Waals surface area contributed by atoms with Gasteiger partial charge >= 0.3 is 6.09 Å². The summed E-state index contributed by atoms with van der Waals surface area (Å²) in [5.41, 5.74) is 6.67.